The zero-order chi connectivity index (χ0) is 15.7. The molecule has 1 atom stereocenters. The molecule has 1 unspecified atom stereocenters. The first kappa shape index (κ1) is 16.2. The lowest BCUT2D eigenvalue weighted by Gasteiger charge is -2.32. The second-order valence-electron chi connectivity index (χ2n) is 4.96. The van der Waals surface area contributed by atoms with Gasteiger partial charge in [-0.3, -0.25) is 0 Å². The molecule has 0 spiro atoms. The molecule has 0 bridgehead atoms. The largest absolute Gasteiger partial charge is 0.401 e. The van der Waals surface area contributed by atoms with Gasteiger partial charge in [-0.25, -0.2) is 8.42 Å². The van der Waals surface area contributed by atoms with Crippen molar-refractivity contribution in [1.82, 2.24) is 14.8 Å². The van der Waals surface area contributed by atoms with E-state index in [2.05, 4.69) is 15.0 Å². The lowest BCUT2D eigenvalue weighted by molar-refractivity contribution is -0.126. The Kier molecular flexibility index (Phi) is 4.59. The Balaban J connectivity index is 2.06. The minimum atomic E-state index is -4.31. The van der Waals surface area contributed by atoms with Crippen LogP contribution in [-0.4, -0.2) is 49.7 Å². The number of hydrogen-bond donors (Lipinski definition) is 1. The summed E-state index contributed by atoms with van der Waals surface area (Å²) in [5.74, 6) is 0. The van der Waals surface area contributed by atoms with Crippen LogP contribution in [0.4, 0.5) is 13.2 Å². The number of nitrogens with zero attached hydrogens (tertiary/aromatic N) is 2. The van der Waals surface area contributed by atoms with E-state index < -0.39 is 28.8 Å². The summed E-state index contributed by atoms with van der Waals surface area (Å²) in [7, 11) is -3.78. The van der Waals surface area contributed by atoms with E-state index in [1.54, 1.807) is 0 Å². The van der Waals surface area contributed by atoms with Crippen LogP contribution in [0.3, 0.4) is 0 Å². The van der Waals surface area contributed by atoms with Gasteiger partial charge < -0.3 is 9.84 Å². The third-order valence-electron chi connectivity index (χ3n) is 3.30. The van der Waals surface area contributed by atoms with E-state index in [0.29, 0.717) is 12.8 Å². The van der Waals surface area contributed by atoms with E-state index >= 15 is 0 Å². The summed E-state index contributed by atoms with van der Waals surface area (Å²) in [6.07, 6.45) is -2.27. The van der Waals surface area contributed by atoms with Crippen molar-refractivity contribution in [2.45, 2.75) is 36.9 Å². The molecule has 0 radical (unpaired) electrons. The second-order valence-corrected chi connectivity index (χ2v) is 6.87. The van der Waals surface area contributed by atoms with Gasteiger partial charge >= 0.3 is 6.18 Å². The number of hydrogen-bond acceptors (Lipinski definition) is 5. The lowest BCUT2D eigenvalue weighted by Crippen LogP contribution is -2.49. The number of sulfonamides is 1. The number of halogens is 3. The topological polar surface area (TPSA) is 75.4 Å². The predicted octanol–water partition coefficient (Wildman–Crippen LogP) is 1.29. The fraction of sp³-hybridized carbons (Fsp3) is 0.727. The Morgan fingerprint density at radius 1 is 1.52 bits per heavy atom. The normalized spacial score (nSPS) is 21.6. The van der Waals surface area contributed by atoms with Crippen LogP contribution < -0.4 is 5.32 Å². The fourth-order valence-electron chi connectivity index (χ4n) is 2.26. The summed E-state index contributed by atoms with van der Waals surface area (Å²) in [6, 6.07) is -0.518. The summed E-state index contributed by atoms with van der Waals surface area (Å²) in [5.41, 5.74) is 0.236. The molecule has 1 saturated heterocycles. The first-order chi connectivity index (χ1) is 9.70. The van der Waals surface area contributed by atoms with E-state index in [4.69, 9.17) is 0 Å². The van der Waals surface area contributed by atoms with Gasteiger partial charge in [-0.05, 0) is 19.8 Å². The average Bonchev–Trinajstić information content (AvgIpc) is 2.83. The molecule has 6 nitrogen and oxygen atoms in total. The van der Waals surface area contributed by atoms with Crippen molar-refractivity contribution in [2.75, 3.05) is 19.6 Å². The van der Waals surface area contributed by atoms with Crippen molar-refractivity contribution in [3.63, 3.8) is 0 Å². The highest BCUT2D eigenvalue weighted by atomic mass is 32.2. The molecule has 2 rings (SSSR count). The number of rotatable bonds is 4. The van der Waals surface area contributed by atoms with Gasteiger partial charge in [0.1, 0.15) is 16.9 Å². The van der Waals surface area contributed by atoms with Gasteiger partial charge in [0.05, 0.1) is 6.54 Å². The van der Waals surface area contributed by atoms with Crippen molar-refractivity contribution in [2.24, 2.45) is 0 Å². The Labute approximate surface area is 120 Å². The maximum Gasteiger partial charge on any atom is 0.401 e. The Bertz CT molecular complexity index is 585. The standard InChI is InChI=1S/C11H16F3N3O3S/c1-8-10(6-20-16-8)21(18,19)17-4-2-3-9(5-17)15-7-11(12,13)14/h6,9,15H,2-5,7H2,1H3. The van der Waals surface area contributed by atoms with Crippen LogP contribution in [0.25, 0.3) is 0 Å². The van der Waals surface area contributed by atoms with Crippen LogP contribution in [0.5, 0.6) is 0 Å². The molecule has 1 aromatic rings. The molecule has 0 amide bonds. The van der Waals surface area contributed by atoms with Crippen molar-refractivity contribution in [1.29, 1.82) is 0 Å². The maximum absolute atomic E-state index is 12.4. The van der Waals surface area contributed by atoms with Crippen LogP contribution in [0.1, 0.15) is 18.5 Å². The molecule has 10 heteroatoms. The van der Waals surface area contributed by atoms with Gasteiger partial charge in [-0.15, -0.1) is 0 Å². The minimum Gasteiger partial charge on any atom is -0.363 e. The summed E-state index contributed by atoms with van der Waals surface area (Å²) < 4.78 is 67.2. The van der Waals surface area contributed by atoms with Crippen molar-refractivity contribution in [3.8, 4) is 0 Å². The van der Waals surface area contributed by atoms with E-state index in [9.17, 15) is 21.6 Å². The van der Waals surface area contributed by atoms with Crippen LogP contribution in [-0.2, 0) is 10.0 Å². The third kappa shape index (κ3) is 3.95. The first-order valence-corrected chi connectivity index (χ1v) is 7.85. The molecule has 0 aliphatic carbocycles. The minimum absolute atomic E-state index is 0.00301. The molecular weight excluding hydrogens is 311 g/mol. The average molecular weight is 327 g/mol. The number of aryl methyl sites for hydroxylation is 1. The summed E-state index contributed by atoms with van der Waals surface area (Å²) in [5, 5.41) is 5.87. The van der Waals surface area contributed by atoms with Gasteiger partial charge in [-0.2, -0.15) is 17.5 Å². The smallest absolute Gasteiger partial charge is 0.363 e. The molecule has 0 saturated carbocycles. The number of aromatic nitrogens is 1. The molecular formula is C11H16F3N3O3S. The molecule has 0 aromatic carbocycles. The van der Waals surface area contributed by atoms with E-state index in [-0.39, 0.29) is 23.7 Å². The third-order valence-corrected chi connectivity index (χ3v) is 5.26. The van der Waals surface area contributed by atoms with E-state index in [1.807, 2.05) is 0 Å². The Morgan fingerprint density at radius 3 is 2.81 bits per heavy atom. The lowest BCUT2D eigenvalue weighted by atomic mass is 10.1. The number of alkyl halides is 3. The van der Waals surface area contributed by atoms with Crippen LogP contribution >= 0.6 is 0 Å². The monoisotopic (exact) mass is 327 g/mol. The zero-order valence-corrected chi connectivity index (χ0v) is 12.2. The summed E-state index contributed by atoms with van der Waals surface area (Å²) in [4.78, 5) is -0.0426. The Morgan fingerprint density at radius 2 is 2.24 bits per heavy atom. The Hall–Kier alpha value is -1.13. The summed E-state index contributed by atoms with van der Waals surface area (Å²) >= 11 is 0. The molecule has 120 valence electrons. The zero-order valence-electron chi connectivity index (χ0n) is 11.4. The molecule has 2 heterocycles. The second kappa shape index (κ2) is 5.93. The summed E-state index contributed by atoms with van der Waals surface area (Å²) in [6.45, 7) is 0.651. The fourth-order valence-corrected chi connectivity index (χ4v) is 3.86. The van der Waals surface area contributed by atoms with Gasteiger partial charge in [0.25, 0.3) is 0 Å². The predicted molar refractivity (Wildman–Crippen MR) is 67.1 cm³/mol. The van der Waals surface area contributed by atoms with Crippen molar-refractivity contribution >= 4 is 10.0 Å². The van der Waals surface area contributed by atoms with Crippen LogP contribution in [0.2, 0.25) is 0 Å². The van der Waals surface area contributed by atoms with E-state index in [1.165, 1.54) is 11.2 Å². The molecule has 1 aromatic heterocycles. The molecule has 21 heavy (non-hydrogen) atoms. The van der Waals surface area contributed by atoms with Gasteiger partial charge in [-0.1, -0.05) is 5.16 Å². The molecule has 1 aliphatic rings. The highest BCUT2D eigenvalue weighted by molar-refractivity contribution is 7.89. The van der Waals surface area contributed by atoms with Crippen molar-refractivity contribution in [3.05, 3.63) is 12.0 Å². The van der Waals surface area contributed by atoms with Crippen LogP contribution in [0, 0.1) is 6.92 Å². The van der Waals surface area contributed by atoms with Crippen molar-refractivity contribution < 1.29 is 26.1 Å². The van der Waals surface area contributed by atoms with Crippen LogP contribution in [0.15, 0.2) is 15.7 Å². The maximum atomic E-state index is 12.4. The first-order valence-electron chi connectivity index (χ1n) is 6.41. The highest BCUT2D eigenvalue weighted by Crippen LogP contribution is 2.23. The SMILES string of the molecule is Cc1nocc1S(=O)(=O)N1CCCC(NCC(F)(F)F)C1. The van der Waals surface area contributed by atoms with Gasteiger partial charge in [0.2, 0.25) is 10.0 Å². The number of piperidine rings is 1. The molecule has 1 N–H and O–H groups in total. The quantitative estimate of drug-likeness (QED) is 0.902. The highest BCUT2D eigenvalue weighted by Gasteiger charge is 2.34. The number of nitrogens with one attached hydrogen (secondary N) is 1. The van der Waals surface area contributed by atoms with Gasteiger partial charge in [0, 0.05) is 19.1 Å². The van der Waals surface area contributed by atoms with E-state index in [0.717, 1.165) is 6.26 Å². The molecule has 1 aliphatic heterocycles. The van der Waals surface area contributed by atoms with Gasteiger partial charge in [0.15, 0.2) is 0 Å². The molecule has 1 fully saturated rings.